The van der Waals surface area contributed by atoms with Crippen LogP contribution >= 0.6 is 23.2 Å². The summed E-state index contributed by atoms with van der Waals surface area (Å²) in [6, 6.07) is 7.87. The molecule has 0 aromatic heterocycles. The number of alkyl halides is 1. The van der Waals surface area contributed by atoms with Crippen LogP contribution in [0.25, 0.3) is 0 Å². The number of benzene rings is 1. The smallest absolute Gasteiger partial charge is 0.188 e. The zero-order valence-electron chi connectivity index (χ0n) is 13.2. The lowest BCUT2D eigenvalue weighted by Crippen LogP contribution is -2.18. The van der Waals surface area contributed by atoms with E-state index in [9.17, 15) is 5.26 Å². The van der Waals surface area contributed by atoms with Crippen LogP contribution in [-0.2, 0) is 10.2 Å². The van der Waals surface area contributed by atoms with Gasteiger partial charge in [-0.1, -0.05) is 23.7 Å². The maximum atomic E-state index is 9.23. The Bertz CT molecular complexity index is 564. The SMILES string of the molecule is CCOC(=N)C(CCCCl)c1ccc(C(C)(C)C#N)cc1Cl. The fraction of sp³-hybridized carbons (Fsp3) is 0.529. The van der Waals surface area contributed by atoms with Gasteiger partial charge in [0, 0.05) is 10.9 Å². The van der Waals surface area contributed by atoms with Gasteiger partial charge in [0.1, 0.15) is 0 Å². The maximum absolute atomic E-state index is 9.23. The second-order valence-corrected chi connectivity index (χ2v) is 6.44. The molecule has 22 heavy (non-hydrogen) atoms. The summed E-state index contributed by atoms with van der Waals surface area (Å²) < 4.78 is 5.36. The molecule has 1 rings (SSSR count). The first-order chi connectivity index (χ1) is 10.4. The Morgan fingerprint density at radius 3 is 2.64 bits per heavy atom. The molecule has 0 amide bonds. The lowest BCUT2D eigenvalue weighted by atomic mass is 9.84. The highest BCUT2D eigenvalue weighted by Crippen LogP contribution is 2.33. The lowest BCUT2D eigenvalue weighted by Gasteiger charge is -2.22. The van der Waals surface area contributed by atoms with Crippen molar-refractivity contribution < 1.29 is 4.74 Å². The first kappa shape index (κ1) is 18.8. The van der Waals surface area contributed by atoms with Gasteiger partial charge in [0.25, 0.3) is 0 Å². The van der Waals surface area contributed by atoms with E-state index < -0.39 is 5.41 Å². The van der Waals surface area contributed by atoms with Crippen molar-refractivity contribution in [1.82, 2.24) is 0 Å². The first-order valence-corrected chi connectivity index (χ1v) is 8.27. The minimum absolute atomic E-state index is 0.203. The molecule has 0 aliphatic carbocycles. The molecule has 0 spiro atoms. The average Bonchev–Trinajstić information content (AvgIpc) is 2.49. The predicted molar refractivity (Wildman–Crippen MR) is 92.1 cm³/mol. The van der Waals surface area contributed by atoms with Crippen LogP contribution in [0.15, 0.2) is 18.2 Å². The quantitative estimate of drug-likeness (QED) is 0.418. The van der Waals surface area contributed by atoms with Crippen molar-refractivity contribution in [3.05, 3.63) is 34.3 Å². The van der Waals surface area contributed by atoms with E-state index >= 15 is 0 Å². The van der Waals surface area contributed by atoms with E-state index in [1.807, 2.05) is 39.0 Å². The molecule has 1 aromatic rings. The molecule has 120 valence electrons. The monoisotopic (exact) mass is 340 g/mol. The Kier molecular flexibility index (Phi) is 7.19. The van der Waals surface area contributed by atoms with Crippen LogP contribution in [0.3, 0.4) is 0 Å². The van der Waals surface area contributed by atoms with E-state index in [0.29, 0.717) is 23.9 Å². The Morgan fingerprint density at radius 2 is 2.14 bits per heavy atom. The van der Waals surface area contributed by atoms with Crippen molar-refractivity contribution in [2.24, 2.45) is 0 Å². The molecule has 0 heterocycles. The van der Waals surface area contributed by atoms with Gasteiger partial charge in [0.15, 0.2) is 5.90 Å². The van der Waals surface area contributed by atoms with Crippen LogP contribution in [0.4, 0.5) is 0 Å². The standard InChI is InChI=1S/C17H22Cl2N2O/c1-4-22-16(21)14(6-5-9-18)13-8-7-12(10-15(13)19)17(2,3)11-20/h7-8,10,14,21H,4-6,9H2,1-3H3. The summed E-state index contributed by atoms with van der Waals surface area (Å²) in [4.78, 5) is 0. The van der Waals surface area contributed by atoms with Crippen LogP contribution in [0.5, 0.6) is 0 Å². The molecule has 1 N–H and O–H groups in total. The lowest BCUT2D eigenvalue weighted by molar-refractivity contribution is 0.305. The number of nitriles is 1. The van der Waals surface area contributed by atoms with Crippen LogP contribution in [0, 0.1) is 16.7 Å². The van der Waals surface area contributed by atoms with Gasteiger partial charge in [-0.25, -0.2) is 0 Å². The minimum atomic E-state index is -0.596. The highest BCUT2D eigenvalue weighted by Gasteiger charge is 2.24. The average molecular weight is 341 g/mol. The topological polar surface area (TPSA) is 56.9 Å². The number of rotatable bonds is 7. The van der Waals surface area contributed by atoms with E-state index in [1.54, 1.807) is 0 Å². The van der Waals surface area contributed by atoms with E-state index in [2.05, 4.69) is 6.07 Å². The fourth-order valence-corrected chi connectivity index (χ4v) is 2.69. The van der Waals surface area contributed by atoms with Crippen LogP contribution in [0.1, 0.15) is 50.7 Å². The highest BCUT2D eigenvalue weighted by atomic mass is 35.5. The Labute approximate surface area is 142 Å². The van der Waals surface area contributed by atoms with Gasteiger partial charge in [0.05, 0.1) is 24.0 Å². The molecular formula is C17H22Cl2N2O. The maximum Gasteiger partial charge on any atom is 0.188 e. The third kappa shape index (κ3) is 4.63. The van der Waals surface area contributed by atoms with Gasteiger partial charge >= 0.3 is 0 Å². The predicted octanol–water partition coefficient (Wildman–Crippen LogP) is 5.26. The van der Waals surface area contributed by atoms with E-state index in [4.69, 9.17) is 33.3 Å². The van der Waals surface area contributed by atoms with Crippen molar-refractivity contribution in [1.29, 1.82) is 10.7 Å². The van der Waals surface area contributed by atoms with Crippen LogP contribution < -0.4 is 0 Å². The zero-order chi connectivity index (χ0) is 16.8. The second-order valence-electron chi connectivity index (χ2n) is 5.65. The molecule has 1 unspecified atom stereocenters. The zero-order valence-corrected chi connectivity index (χ0v) is 14.8. The summed E-state index contributed by atoms with van der Waals surface area (Å²) >= 11 is 12.2. The normalized spacial score (nSPS) is 12.5. The van der Waals surface area contributed by atoms with Crippen LogP contribution in [0.2, 0.25) is 5.02 Å². The molecule has 0 aliphatic heterocycles. The third-order valence-corrected chi connectivity index (χ3v) is 4.21. The molecule has 1 atom stereocenters. The largest absolute Gasteiger partial charge is 0.481 e. The number of halogens is 2. The Morgan fingerprint density at radius 1 is 1.45 bits per heavy atom. The summed E-state index contributed by atoms with van der Waals surface area (Å²) in [6.45, 7) is 6.01. The molecule has 0 saturated heterocycles. The third-order valence-electron chi connectivity index (χ3n) is 3.62. The van der Waals surface area contributed by atoms with Gasteiger partial charge in [-0.2, -0.15) is 5.26 Å². The fourth-order valence-electron chi connectivity index (χ4n) is 2.23. The molecular weight excluding hydrogens is 319 g/mol. The van der Waals surface area contributed by atoms with E-state index in [1.165, 1.54) is 0 Å². The highest BCUT2D eigenvalue weighted by molar-refractivity contribution is 6.31. The van der Waals surface area contributed by atoms with Gasteiger partial charge in [-0.15, -0.1) is 11.6 Å². The van der Waals surface area contributed by atoms with Gasteiger partial charge in [-0.3, -0.25) is 5.41 Å². The number of hydrogen-bond acceptors (Lipinski definition) is 3. The van der Waals surface area contributed by atoms with E-state index in [0.717, 1.165) is 17.5 Å². The van der Waals surface area contributed by atoms with Gasteiger partial charge in [0.2, 0.25) is 0 Å². The first-order valence-electron chi connectivity index (χ1n) is 7.35. The minimum Gasteiger partial charge on any atom is -0.481 e. The van der Waals surface area contributed by atoms with Crippen LogP contribution in [-0.4, -0.2) is 18.4 Å². The van der Waals surface area contributed by atoms with Crippen molar-refractivity contribution in [2.75, 3.05) is 12.5 Å². The van der Waals surface area contributed by atoms with E-state index in [-0.39, 0.29) is 11.8 Å². The molecule has 5 heteroatoms. The summed E-state index contributed by atoms with van der Waals surface area (Å²) in [5.41, 5.74) is 1.12. The summed E-state index contributed by atoms with van der Waals surface area (Å²) in [7, 11) is 0. The number of nitrogens with zero attached hydrogens (tertiary/aromatic N) is 1. The molecule has 0 aliphatic rings. The second kappa shape index (κ2) is 8.41. The summed E-state index contributed by atoms with van der Waals surface area (Å²) in [5, 5.41) is 17.9. The Hall–Kier alpha value is -1.24. The van der Waals surface area contributed by atoms with Crippen molar-refractivity contribution >= 4 is 29.1 Å². The number of ether oxygens (including phenoxy) is 1. The molecule has 0 saturated carbocycles. The van der Waals surface area contributed by atoms with Gasteiger partial charge < -0.3 is 4.74 Å². The molecule has 1 aromatic carbocycles. The Balaban J connectivity index is 3.15. The summed E-state index contributed by atoms with van der Waals surface area (Å²) in [5.74, 6) is 0.542. The number of hydrogen-bond donors (Lipinski definition) is 1. The van der Waals surface area contributed by atoms with Crippen molar-refractivity contribution in [2.45, 2.75) is 44.9 Å². The molecule has 0 radical (unpaired) electrons. The van der Waals surface area contributed by atoms with Crippen molar-refractivity contribution in [3.63, 3.8) is 0 Å². The molecule has 3 nitrogen and oxygen atoms in total. The summed E-state index contributed by atoms with van der Waals surface area (Å²) in [6.07, 6.45) is 1.49. The number of nitrogens with one attached hydrogen (secondary N) is 1. The van der Waals surface area contributed by atoms with Gasteiger partial charge in [-0.05, 0) is 50.8 Å². The van der Waals surface area contributed by atoms with Crippen molar-refractivity contribution in [3.8, 4) is 6.07 Å². The molecule has 0 fully saturated rings. The molecule has 0 bridgehead atoms.